The predicted octanol–water partition coefficient (Wildman–Crippen LogP) is 2.14. The van der Waals surface area contributed by atoms with Gasteiger partial charge in [-0.2, -0.15) is 0 Å². The Morgan fingerprint density at radius 2 is 2.07 bits per heavy atom. The molecule has 1 aliphatic heterocycles. The summed E-state index contributed by atoms with van der Waals surface area (Å²) >= 11 is 0. The molecule has 0 unspecified atom stereocenters. The van der Waals surface area contributed by atoms with E-state index in [0.29, 0.717) is 0 Å². The fourth-order valence-electron chi connectivity index (χ4n) is 1.24. The smallest absolute Gasteiger partial charge is 0.225 e. The van der Waals surface area contributed by atoms with Crippen LogP contribution in [0, 0.1) is 5.92 Å². The van der Waals surface area contributed by atoms with Crippen molar-refractivity contribution >= 4 is 14.2 Å². The Morgan fingerprint density at radius 3 is 2.40 bits per heavy atom. The van der Waals surface area contributed by atoms with Crippen LogP contribution in [0.15, 0.2) is 0 Å². The molecule has 15 heavy (non-hydrogen) atoms. The molecule has 0 aliphatic carbocycles. The molecule has 1 fully saturated rings. The molecule has 88 valence electrons. The molecule has 0 aromatic rings. The molecular weight excluding hydrogens is 206 g/mol. The largest absolute Gasteiger partial charge is 0.417 e. The highest BCUT2D eigenvalue weighted by atomic mass is 28.4. The number of hydrogen-bond acceptors (Lipinski definition) is 2. The monoisotopic (exact) mass is 229 g/mol. The summed E-state index contributed by atoms with van der Waals surface area (Å²) in [6.45, 7) is 12.7. The van der Waals surface area contributed by atoms with Gasteiger partial charge in [-0.15, -0.1) is 0 Å². The molecule has 1 rings (SSSR count). The second-order valence-corrected chi connectivity index (χ2v) is 10.6. The van der Waals surface area contributed by atoms with Crippen molar-refractivity contribution in [2.75, 3.05) is 13.2 Å². The lowest BCUT2D eigenvalue weighted by molar-refractivity contribution is -0.131. The summed E-state index contributed by atoms with van der Waals surface area (Å²) < 4.78 is 6.01. The van der Waals surface area contributed by atoms with E-state index >= 15 is 0 Å². The van der Waals surface area contributed by atoms with Gasteiger partial charge in [0.25, 0.3) is 0 Å². The summed E-state index contributed by atoms with van der Waals surface area (Å²) in [6.07, 6.45) is 0.873. The average molecular weight is 229 g/mol. The first-order valence-corrected chi connectivity index (χ1v) is 8.56. The Bertz CT molecular complexity index is 245. The van der Waals surface area contributed by atoms with Gasteiger partial charge in [0.05, 0.1) is 5.92 Å². The van der Waals surface area contributed by atoms with E-state index in [-0.39, 0.29) is 16.9 Å². The normalized spacial score (nSPS) is 22.2. The van der Waals surface area contributed by atoms with Crippen LogP contribution in [0.5, 0.6) is 0 Å². The second kappa shape index (κ2) is 4.26. The van der Waals surface area contributed by atoms with Crippen molar-refractivity contribution in [2.24, 2.45) is 5.92 Å². The molecule has 0 saturated carbocycles. The molecule has 4 heteroatoms. The van der Waals surface area contributed by atoms with Crippen molar-refractivity contribution in [1.82, 2.24) is 5.32 Å². The van der Waals surface area contributed by atoms with Crippen LogP contribution in [-0.4, -0.2) is 27.4 Å². The zero-order chi connectivity index (χ0) is 11.7. The van der Waals surface area contributed by atoms with Gasteiger partial charge in [0.1, 0.15) is 0 Å². The number of carbonyl (C=O) groups excluding carboxylic acids is 1. The van der Waals surface area contributed by atoms with Crippen molar-refractivity contribution in [1.29, 1.82) is 0 Å². The number of carbonyl (C=O) groups is 1. The van der Waals surface area contributed by atoms with E-state index in [1.807, 2.05) is 0 Å². The Kier molecular flexibility index (Phi) is 3.61. The number of rotatable bonds is 4. The summed E-state index contributed by atoms with van der Waals surface area (Å²) in [5, 5.41) is 3.01. The summed E-state index contributed by atoms with van der Waals surface area (Å²) in [4.78, 5) is 11.0. The van der Waals surface area contributed by atoms with E-state index in [9.17, 15) is 4.79 Å². The molecule has 0 aromatic carbocycles. The van der Waals surface area contributed by atoms with Gasteiger partial charge in [0.2, 0.25) is 5.91 Å². The van der Waals surface area contributed by atoms with E-state index in [0.717, 1.165) is 19.6 Å². The Balaban J connectivity index is 2.27. The maximum Gasteiger partial charge on any atom is 0.225 e. The first-order chi connectivity index (χ1) is 6.74. The molecule has 1 atom stereocenters. The molecule has 0 radical (unpaired) electrons. The summed E-state index contributed by atoms with van der Waals surface area (Å²) in [5.41, 5.74) is 0. The molecule has 1 aliphatic rings. The van der Waals surface area contributed by atoms with Crippen LogP contribution >= 0.6 is 0 Å². The van der Waals surface area contributed by atoms with Gasteiger partial charge < -0.3 is 9.74 Å². The van der Waals surface area contributed by atoms with E-state index in [1.165, 1.54) is 0 Å². The number of nitrogens with one attached hydrogen (secondary N) is 1. The van der Waals surface area contributed by atoms with Crippen molar-refractivity contribution in [3.05, 3.63) is 0 Å². The first-order valence-electron chi connectivity index (χ1n) is 5.66. The molecule has 3 nitrogen and oxygen atoms in total. The standard InChI is InChI=1S/C11H23NO2Si/c1-11(2,3)15(4,5)14-7-6-9-8-12-10(9)13/h9H,6-8H2,1-5H3,(H,12,13)/t9-/m0/s1. The van der Waals surface area contributed by atoms with Crippen LogP contribution in [0.2, 0.25) is 18.1 Å². The van der Waals surface area contributed by atoms with Crippen molar-refractivity contribution in [3.63, 3.8) is 0 Å². The zero-order valence-electron chi connectivity index (χ0n) is 10.5. The quantitative estimate of drug-likeness (QED) is 0.592. The highest BCUT2D eigenvalue weighted by molar-refractivity contribution is 6.74. The highest BCUT2D eigenvalue weighted by Gasteiger charge is 2.37. The van der Waals surface area contributed by atoms with Crippen LogP contribution in [0.1, 0.15) is 27.2 Å². The first kappa shape index (κ1) is 12.7. The third-order valence-corrected chi connectivity index (χ3v) is 8.17. The Hall–Kier alpha value is -0.353. The topological polar surface area (TPSA) is 38.3 Å². The molecule has 0 aromatic heterocycles. The second-order valence-electron chi connectivity index (χ2n) is 5.84. The maximum absolute atomic E-state index is 11.0. The predicted molar refractivity (Wildman–Crippen MR) is 64.3 cm³/mol. The van der Waals surface area contributed by atoms with Crippen LogP contribution in [0.3, 0.4) is 0 Å². The van der Waals surface area contributed by atoms with Gasteiger partial charge in [0, 0.05) is 13.2 Å². The average Bonchev–Trinajstić information content (AvgIpc) is 2.08. The fraction of sp³-hybridized carbons (Fsp3) is 0.909. The van der Waals surface area contributed by atoms with Crippen LogP contribution in [0.4, 0.5) is 0 Å². The third kappa shape index (κ3) is 3.05. The van der Waals surface area contributed by atoms with Crippen LogP contribution in [0.25, 0.3) is 0 Å². The zero-order valence-corrected chi connectivity index (χ0v) is 11.5. The minimum absolute atomic E-state index is 0.189. The Morgan fingerprint density at radius 1 is 1.47 bits per heavy atom. The summed E-state index contributed by atoms with van der Waals surface area (Å²) in [7, 11) is -1.61. The molecule has 1 heterocycles. The van der Waals surface area contributed by atoms with E-state index in [4.69, 9.17) is 4.43 Å². The molecule has 1 N–H and O–H groups in total. The highest BCUT2D eigenvalue weighted by Crippen LogP contribution is 2.36. The summed E-state index contributed by atoms with van der Waals surface area (Å²) in [6, 6.07) is 0. The molecule has 0 spiro atoms. The van der Waals surface area contributed by atoms with Crippen molar-refractivity contribution in [2.45, 2.75) is 45.3 Å². The number of hydrogen-bond donors (Lipinski definition) is 1. The van der Waals surface area contributed by atoms with Gasteiger partial charge in [-0.25, -0.2) is 0 Å². The summed E-state index contributed by atoms with van der Waals surface area (Å²) in [5.74, 6) is 0.392. The van der Waals surface area contributed by atoms with Gasteiger partial charge in [-0.05, 0) is 24.6 Å². The van der Waals surface area contributed by atoms with Crippen LogP contribution in [-0.2, 0) is 9.22 Å². The van der Waals surface area contributed by atoms with E-state index in [1.54, 1.807) is 0 Å². The maximum atomic E-state index is 11.0. The van der Waals surface area contributed by atoms with E-state index < -0.39 is 8.32 Å². The molecule has 0 bridgehead atoms. The van der Waals surface area contributed by atoms with Gasteiger partial charge >= 0.3 is 0 Å². The molecule has 1 saturated heterocycles. The lowest BCUT2D eigenvalue weighted by Crippen LogP contribution is -2.49. The Labute approximate surface area is 93.7 Å². The van der Waals surface area contributed by atoms with Crippen molar-refractivity contribution in [3.8, 4) is 0 Å². The third-order valence-electron chi connectivity index (χ3n) is 3.63. The lowest BCUT2D eigenvalue weighted by atomic mass is 9.99. The van der Waals surface area contributed by atoms with E-state index in [2.05, 4.69) is 39.2 Å². The lowest BCUT2D eigenvalue weighted by Gasteiger charge is -2.37. The SMILES string of the molecule is CC(C)(C)[Si](C)(C)OCC[C@H]1CNC1=O. The number of β-lactam (4-membered cyclic amide) rings is 1. The number of amides is 1. The van der Waals surface area contributed by atoms with Gasteiger partial charge in [-0.1, -0.05) is 20.8 Å². The molecule has 1 amide bonds. The minimum Gasteiger partial charge on any atom is -0.417 e. The van der Waals surface area contributed by atoms with Crippen LogP contribution < -0.4 is 5.32 Å². The van der Waals surface area contributed by atoms with Gasteiger partial charge in [0.15, 0.2) is 8.32 Å². The minimum atomic E-state index is -1.61. The van der Waals surface area contributed by atoms with Crippen molar-refractivity contribution < 1.29 is 9.22 Å². The van der Waals surface area contributed by atoms with Gasteiger partial charge in [-0.3, -0.25) is 4.79 Å². The fourth-order valence-corrected chi connectivity index (χ4v) is 2.30. The molecular formula is C11H23NO2Si.